The topological polar surface area (TPSA) is 53.4 Å². The van der Waals surface area contributed by atoms with Gasteiger partial charge >= 0.3 is 0 Å². The van der Waals surface area contributed by atoms with Gasteiger partial charge in [-0.3, -0.25) is 4.79 Å². The Kier molecular flexibility index (Phi) is 5.08. The van der Waals surface area contributed by atoms with Gasteiger partial charge in [0.1, 0.15) is 5.01 Å². The van der Waals surface area contributed by atoms with Gasteiger partial charge in [-0.25, -0.2) is 4.98 Å². The molecule has 0 saturated carbocycles. The minimum atomic E-state index is -0.254. The van der Waals surface area contributed by atoms with Crippen molar-refractivity contribution < 1.29 is 9.90 Å². The van der Waals surface area contributed by atoms with Crippen molar-refractivity contribution in [2.24, 2.45) is 0 Å². The molecule has 1 aliphatic rings. The van der Waals surface area contributed by atoms with E-state index in [1.165, 1.54) is 5.56 Å². The molecule has 1 N–H and O–H groups in total. The summed E-state index contributed by atoms with van der Waals surface area (Å²) in [7, 11) is 0. The average Bonchev–Trinajstić information content (AvgIpc) is 3.04. The lowest BCUT2D eigenvalue weighted by Crippen LogP contribution is -2.40. The summed E-state index contributed by atoms with van der Waals surface area (Å²) in [4.78, 5) is 18.8. The van der Waals surface area contributed by atoms with Crippen LogP contribution in [-0.2, 0) is 17.6 Å². The second-order valence-corrected chi connectivity index (χ2v) is 6.84. The van der Waals surface area contributed by atoms with Gasteiger partial charge in [-0.15, -0.1) is 11.3 Å². The maximum absolute atomic E-state index is 12.3. The SMILES string of the molecule is CCc1ccc(-c2nc(CC(=O)N3CCC(O)CC3)cs2)cc1. The molecule has 2 aromatic rings. The molecule has 0 unspecified atom stereocenters. The van der Waals surface area contributed by atoms with Crippen LogP contribution in [0.1, 0.15) is 31.0 Å². The highest BCUT2D eigenvalue weighted by Crippen LogP contribution is 2.24. The third kappa shape index (κ3) is 3.98. The number of hydrogen-bond acceptors (Lipinski definition) is 4. The highest BCUT2D eigenvalue weighted by molar-refractivity contribution is 7.13. The summed E-state index contributed by atoms with van der Waals surface area (Å²) in [5.41, 5.74) is 3.25. The number of benzene rings is 1. The molecule has 1 saturated heterocycles. The van der Waals surface area contributed by atoms with Gasteiger partial charge < -0.3 is 10.0 Å². The van der Waals surface area contributed by atoms with Crippen molar-refractivity contribution >= 4 is 17.2 Å². The van der Waals surface area contributed by atoms with Gasteiger partial charge in [0.15, 0.2) is 0 Å². The first-order chi connectivity index (χ1) is 11.2. The third-order valence-corrected chi connectivity index (χ3v) is 5.25. The number of thiazole rings is 1. The summed E-state index contributed by atoms with van der Waals surface area (Å²) in [5, 5.41) is 12.5. The van der Waals surface area contributed by atoms with Crippen LogP contribution in [0, 0.1) is 0 Å². The summed E-state index contributed by atoms with van der Waals surface area (Å²) in [6.45, 7) is 3.44. The monoisotopic (exact) mass is 330 g/mol. The number of piperidine rings is 1. The molecule has 3 rings (SSSR count). The molecule has 0 spiro atoms. The van der Waals surface area contributed by atoms with Crippen LogP contribution in [0.5, 0.6) is 0 Å². The molecule has 0 atom stereocenters. The van der Waals surface area contributed by atoms with Gasteiger partial charge in [0.25, 0.3) is 0 Å². The van der Waals surface area contributed by atoms with E-state index in [0.29, 0.717) is 32.4 Å². The van der Waals surface area contributed by atoms with Crippen LogP contribution in [0.4, 0.5) is 0 Å². The van der Waals surface area contributed by atoms with Gasteiger partial charge in [-0.1, -0.05) is 31.2 Å². The number of likely N-dealkylation sites (tertiary alicyclic amines) is 1. The molecule has 1 fully saturated rings. The number of aryl methyl sites for hydroxylation is 1. The Morgan fingerprint density at radius 2 is 2.00 bits per heavy atom. The maximum Gasteiger partial charge on any atom is 0.228 e. The summed E-state index contributed by atoms with van der Waals surface area (Å²) >= 11 is 1.58. The predicted molar refractivity (Wildman–Crippen MR) is 92.5 cm³/mol. The lowest BCUT2D eigenvalue weighted by Gasteiger charge is -2.29. The Bertz CT molecular complexity index is 658. The standard InChI is InChI=1S/C18H22N2O2S/c1-2-13-3-5-14(6-4-13)18-19-15(12-23-18)11-17(22)20-9-7-16(21)8-10-20/h3-6,12,16,21H,2,7-11H2,1H3. The Morgan fingerprint density at radius 1 is 1.30 bits per heavy atom. The zero-order valence-corrected chi connectivity index (χ0v) is 14.2. The minimum Gasteiger partial charge on any atom is -0.393 e. The third-order valence-electron chi connectivity index (χ3n) is 4.31. The van der Waals surface area contributed by atoms with E-state index in [-0.39, 0.29) is 12.0 Å². The molecule has 122 valence electrons. The fourth-order valence-electron chi connectivity index (χ4n) is 2.79. The molecule has 1 aromatic carbocycles. The van der Waals surface area contributed by atoms with Gasteiger partial charge in [0, 0.05) is 24.0 Å². The van der Waals surface area contributed by atoms with Crippen LogP contribution >= 0.6 is 11.3 Å². The zero-order valence-electron chi connectivity index (χ0n) is 13.4. The van der Waals surface area contributed by atoms with Gasteiger partial charge in [0.2, 0.25) is 5.91 Å². The summed E-state index contributed by atoms with van der Waals surface area (Å²) in [6.07, 6.45) is 2.48. The summed E-state index contributed by atoms with van der Waals surface area (Å²) in [5.74, 6) is 0.107. The Morgan fingerprint density at radius 3 is 2.65 bits per heavy atom. The van der Waals surface area contributed by atoms with Crippen LogP contribution in [0.25, 0.3) is 10.6 Å². The highest BCUT2D eigenvalue weighted by Gasteiger charge is 2.22. The van der Waals surface area contributed by atoms with Crippen LogP contribution in [0.2, 0.25) is 0 Å². The van der Waals surface area contributed by atoms with Crippen molar-refractivity contribution in [1.82, 2.24) is 9.88 Å². The molecule has 1 amide bonds. The largest absolute Gasteiger partial charge is 0.393 e. The van der Waals surface area contributed by atoms with Crippen molar-refractivity contribution in [3.05, 3.63) is 40.9 Å². The number of aliphatic hydroxyl groups excluding tert-OH is 1. The molecule has 1 aliphatic heterocycles. The van der Waals surface area contributed by atoms with Crippen molar-refractivity contribution in [2.45, 2.75) is 38.7 Å². The quantitative estimate of drug-likeness (QED) is 0.938. The van der Waals surface area contributed by atoms with E-state index in [0.717, 1.165) is 22.7 Å². The number of rotatable bonds is 4. The van der Waals surface area contributed by atoms with Crippen molar-refractivity contribution in [3.8, 4) is 10.6 Å². The van der Waals surface area contributed by atoms with Crippen LogP contribution in [-0.4, -0.2) is 40.1 Å². The first kappa shape index (κ1) is 16.1. The number of nitrogens with zero attached hydrogens (tertiary/aromatic N) is 2. The predicted octanol–water partition coefficient (Wildman–Crippen LogP) is 2.90. The molecular formula is C18H22N2O2S. The van der Waals surface area contributed by atoms with E-state index < -0.39 is 0 Å². The second-order valence-electron chi connectivity index (χ2n) is 5.98. The van der Waals surface area contributed by atoms with Crippen molar-refractivity contribution in [3.63, 3.8) is 0 Å². The molecule has 0 bridgehead atoms. The normalized spacial score (nSPS) is 15.8. The van der Waals surface area contributed by atoms with E-state index in [9.17, 15) is 9.90 Å². The molecule has 5 heteroatoms. The van der Waals surface area contributed by atoms with E-state index in [4.69, 9.17) is 0 Å². The van der Waals surface area contributed by atoms with Gasteiger partial charge in [-0.2, -0.15) is 0 Å². The number of aromatic nitrogens is 1. The minimum absolute atomic E-state index is 0.107. The van der Waals surface area contributed by atoms with Crippen LogP contribution in [0.15, 0.2) is 29.6 Å². The molecule has 1 aromatic heterocycles. The number of carbonyl (C=O) groups excluding carboxylic acids is 1. The molecule has 0 radical (unpaired) electrons. The zero-order chi connectivity index (χ0) is 16.2. The maximum atomic E-state index is 12.3. The van der Waals surface area contributed by atoms with E-state index in [1.807, 2.05) is 10.3 Å². The first-order valence-electron chi connectivity index (χ1n) is 8.15. The van der Waals surface area contributed by atoms with Gasteiger partial charge in [-0.05, 0) is 24.8 Å². The Hall–Kier alpha value is -1.72. The number of amides is 1. The Balaban J connectivity index is 1.63. The van der Waals surface area contributed by atoms with Crippen LogP contribution < -0.4 is 0 Å². The second kappa shape index (κ2) is 7.23. The fraction of sp³-hybridized carbons (Fsp3) is 0.444. The lowest BCUT2D eigenvalue weighted by molar-refractivity contribution is -0.132. The number of hydrogen-bond donors (Lipinski definition) is 1. The fourth-order valence-corrected chi connectivity index (χ4v) is 3.61. The highest BCUT2D eigenvalue weighted by atomic mass is 32.1. The molecule has 23 heavy (non-hydrogen) atoms. The van der Waals surface area contributed by atoms with E-state index in [1.54, 1.807) is 11.3 Å². The smallest absolute Gasteiger partial charge is 0.228 e. The molecule has 0 aliphatic carbocycles. The number of carbonyl (C=O) groups is 1. The number of aliphatic hydroxyl groups is 1. The average molecular weight is 330 g/mol. The lowest BCUT2D eigenvalue weighted by atomic mass is 10.1. The summed E-state index contributed by atoms with van der Waals surface area (Å²) < 4.78 is 0. The molecule has 4 nitrogen and oxygen atoms in total. The molecular weight excluding hydrogens is 308 g/mol. The first-order valence-corrected chi connectivity index (χ1v) is 9.03. The summed E-state index contributed by atoms with van der Waals surface area (Å²) in [6, 6.07) is 8.44. The van der Waals surface area contributed by atoms with Gasteiger partial charge in [0.05, 0.1) is 18.2 Å². The van der Waals surface area contributed by atoms with Crippen LogP contribution in [0.3, 0.4) is 0 Å². The van der Waals surface area contributed by atoms with E-state index >= 15 is 0 Å². The van der Waals surface area contributed by atoms with Crippen molar-refractivity contribution in [2.75, 3.05) is 13.1 Å². The Labute approximate surface area is 140 Å². The molecule has 2 heterocycles. The van der Waals surface area contributed by atoms with Crippen molar-refractivity contribution in [1.29, 1.82) is 0 Å². The van der Waals surface area contributed by atoms with E-state index in [2.05, 4.69) is 36.2 Å².